The van der Waals surface area contributed by atoms with E-state index in [2.05, 4.69) is 28.2 Å². The van der Waals surface area contributed by atoms with Gasteiger partial charge in [0.05, 0.1) is 15.7 Å². The summed E-state index contributed by atoms with van der Waals surface area (Å²) in [6.45, 7) is 5.05. The zero-order valence-corrected chi connectivity index (χ0v) is 19.5. The number of carbonyl (C=O) groups excluding carboxylic acids is 1. The minimum atomic E-state index is 0.147. The maximum atomic E-state index is 12.1. The predicted molar refractivity (Wildman–Crippen MR) is 125 cm³/mol. The van der Waals surface area contributed by atoms with Crippen LogP contribution >= 0.6 is 23.2 Å². The Labute approximate surface area is 190 Å². The van der Waals surface area contributed by atoms with Gasteiger partial charge >= 0.3 is 6.03 Å². The van der Waals surface area contributed by atoms with Crippen molar-refractivity contribution in [1.29, 1.82) is 0 Å². The molecule has 1 aromatic rings. The van der Waals surface area contributed by atoms with Gasteiger partial charge in [0.15, 0.2) is 0 Å². The molecule has 2 aliphatic heterocycles. The first-order valence-corrected chi connectivity index (χ1v) is 12.2. The van der Waals surface area contributed by atoms with Crippen molar-refractivity contribution in [2.45, 2.75) is 57.0 Å². The van der Waals surface area contributed by atoms with Crippen molar-refractivity contribution < 1.29 is 4.79 Å². The second-order valence-electron chi connectivity index (χ2n) is 9.24. The molecule has 7 heteroatoms. The number of carbonyl (C=O) groups is 1. The Balaban J connectivity index is 1.18. The Morgan fingerprint density at radius 1 is 1.07 bits per heavy atom. The number of nitrogens with zero attached hydrogens (tertiary/aromatic N) is 3. The third kappa shape index (κ3) is 5.17. The molecule has 1 aromatic carbocycles. The molecule has 0 atom stereocenters. The number of urea groups is 1. The van der Waals surface area contributed by atoms with Crippen molar-refractivity contribution >= 4 is 34.9 Å². The van der Waals surface area contributed by atoms with Gasteiger partial charge in [0.2, 0.25) is 0 Å². The Morgan fingerprint density at radius 2 is 1.77 bits per heavy atom. The van der Waals surface area contributed by atoms with Gasteiger partial charge in [-0.2, -0.15) is 0 Å². The van der Waals surface area contributed by atoms with E-state index in [1.165, 1.54) is 12.8 Å². The summed E-state index contributed by atoms with van der Waals surface area (Å²) in [5.41, 5.74) is 1.06. The Bertz CT molecular complexity index is 726. The number of likely N-dealkylation sites (tertiary alicyclic amines) is 1. The summed E-state index contributed by atoms with van der Waals surface area (Å²) >= 11 is 12.6. The van der Waals surface area contributed by atoms with Crippen LogP contribution in [0.4, 0.5) is 10.5 Å². The van der Waals surface area contributed by atoms with Crippen LogP contribution in [0.15, 0.2) is 18.2 Å². The molecular weight excluding hydrogens is 419 g/mol. The third-order valence-corrected chi connectivity index (χ3v) is 8.03. The highest BCUT2D eigenvalue weighted by molar-refractivity contribution is 6.43. The van der Waals surface area contributed by atoms with E-state index >= 15 is 0 Å². The van der Waals surface area contributed by atoms with Crippen LogP contribution in [-0.2, 0) is 0 Å². The molecule has 166 valence electrons. The highest BCUT2D eigenvalue weighted by atomic mass is 35.5. The highest BCUT2D eigenvalue weighted by Gasteiger charge is 2.29. The van der Waals surface area contributed by atoms with Gasteiger partial charge in [-0.25, -0.2) is 4.79 Å². The van der Waals surface area contributed by atoms with Gasteiger partial charge < -0.3 is 20.0 Å². The molecule has 4 rings (SSSR count). The molecule has 5 nitrogen and oxygen atoms in total. The fraction of sp³-hybridized carbons (Fsp3) is 0.696. The topological polar surface area (TPSA) is 38.8 Å². The second kappa shape index (κ2) is 9.97. The number of hydrogen-bond acceptors (Lipinski definition) is 3. The van der Waals surface area contributed by atoms with Crippen LogP contribution in [0.25, 0.3) is 0 Å². The first kappa shape index (κ1) is 22.0. The number of piperidine rings is 1. The van der Waals surface area contributed by atoms with E-state index in [0.717, 1.165) is 76.4 Å². The summed E-state index contributed by atoms with van der Waals surface area (Å²) in [6, 6.07) is 7.03. The molecule has 1 saturated carbocycles. The van der Waals surface area contributed by atoms with E-state index in [1.807, 2.05) is 17.0 Å². The fourth-order valence-electron chi connectivity index (χ4n) is 5.12. The fourth-order valence-corrected chi connectivity index (χ4v) is 5.53. The average Bonchev–Trinajstić information content (AvgIpc) is 2.70. The van der Waals surface area contributed by atoms with Gasteiger partial charge in [-0.1, -0.05) is 29.3 Å². The molecule has 0 aromatic heterocycles. The number of anilines is 1. The Kier molecular flexibility index (Phi) is 7.32. The van der Waals surface area contributed by atoms with E-state index < -0.39 is 0 Å². The van der Waals surface area contributed by atoms with E-state index in [0.29, 0.717) is 22.1 Å². The van der Waals surface area contributed by atoms with Crippen LogP contribution in [0.1, 0.15) is 44.9 Å². The molecule has 1 aliphatic carbocycles. The number of benzene rings is 1. The predicted octanol–water partition coefficient (Wildman–Crippen LogP) is 4.87. The maximum absolute atomic E-state index is 12.1. The quantitative estimate of drug-likeness (QED) is 0.692. The van der Waals surface area contributed by atoms with E-state index in [1.54, 1.807) is 0 Å². The summed E-state index contributed by atoms with van der Waals surface area (Å²) in [6.07, 6.45) is 8.12. The SMILES string of the molecule is CN(CC1CCC(NC(=O)N2CCC2)CC1)C1CCN(c2cccc(Cl)c2Cl)CC1. The molecule has 2 saturated heterocycles. The van der Waals surface area contributed by atoms with E-state index in [4.69, 9.17) is 23.2 Å². The van der Waals surface area contributed by atoms with Gasteiger partial charge in [-0.05, 0) is 70.0 Å². The number of nitrogens with one attached hydrogen (secondary N) is 1. The van der Waals surface area contributed by atoms with Gasteiger partial charge in [0, 0.05) is 44.8 Å². The molecule has 0 unspecified atom stereocenters. The zero-order chi connectivity index (χ0) is 21.1. The maximum Gasteiger partial charge on any atom is 0.317 e. The molecule has 2 heterocycles. The summed E-state index contributed by atoms with van der Waals surface area (Å²) in [5.74, 6) is 0.743. The molecule has 30 heavy (non-hydrogen) atoms. The van der Waals surface area contributed by atoms with Crippen molar-refractivity contribution in [2.75, 3.05) is 44.7 Å². The standard InChI is InChI=1S/C23H34Cl2N4O/c1-27(16-17-6-8-18(9-7-17)26-23(30)29-12-3-13-29)19-10-14-28(15-11-19)21-5-2-4-20(24)22(21)25/h2,4-5,17-19H,3,6-16H2,1H3,(H,26,30). The van der Waals surface area contributed by atoms with Crippen LogP contribution in [0.5, 0.6) is 0 Å². The first-order chi connectivity index (χ1) is 14.5. The number of amides is 2. The normalized spacial score (nSPS) is 25.3. The highest BCUT2D eigenvalue weighted by Crippen LogP contribution is 2.34. The molecule has 3 aliphatic rings. The molecule has 2 amide bonds. The lowest BCUT2D eigenvalue weighted by Gasteiger charge is -2.40. The molecule has 0 spiro atoms. The van der Waals surface area contributed by atoms with Crippen LogP contribution in [0.3, 0.4) is 0 Å². The van der Waals surface area contributed by atoms with Crippen molar-refractivity contribution in [3.05, 3.63) is 28.2 Å². The lowest BCUT2D eigenvalue weighted by Crippen LogP contribution is -2.51. The monoisotopic (exact) mass is 452 g/mol. The van der Waals surface area contributed by atoms with Crippen molar-refractivity contribution in [3.8, 4) is 0 Å². The Morgan fingerprint density at radius 3 is 2.40 bits per heavy atom. The van der Waals surface area contributed by atoms with Crippen LogP contribution in [0, 0.1) is 5.92 Å². The van der Waals surface area contributed by atoms with Gasteiger partial charge in [-0.3, -0.25) is 0 Å². The smallest absolute Gasteiger partial charge is 0.317 e. The zero-order valence-electron chi connectivity index (χ0n) is 18.0. The Hall–Kier alpha value is -1.17. The molecule has 3 fully saturated rings. The summed E-state index contributed by atoms with van der Waals surface area (Å²) in [5, 5.41) is 4.53. The number of hydrogen-bond donors (Lipinski definition) is 1. The summed E-state index contributed by atoms with van der Waals surface area (Å²) in [7, 11) is 2.28. The largest absolute Gasteiger partial charge is 0.370 e. The molecular formula is C23H34Cl2N4O. The van der Waals surface area contributed by atoms with Crippen molar-refractivity contribution in [2.24, 2.45) is 5.92 Å². The summed E-state index contributed by atoms with van der Waals surface area (Å²) in [4.78, 5) is 19.0. The van der Waals surface area contributed by atoms with Crippen LogP contribution < -0.4 is 10.2 Å². The number of rotatable bonds is 5. The average molecular weight is 453 g/mol. The van der Waals surface area contributed by atoms with Crippen LogP contribution in [-0.4, -0.2) is 67.7 Å². The van der Waals surface area contributed by atoms with Gasteiger partial charge in [0.1, 0.15) is 0 Å². The van der Waals surface area contributed by atoms with Gasteiger partial charge in [0.25, 0.3) is 0 Å². The lowest BCUT2D eigenvalue weighted by atomic mass is 9.85. The van der Waals surface area contributed by atoms with Crippen molar-refractivity contribution in [1.82, 2.24) is 15.1 Å². The van der Waals surface area contributed by atoms with Gasteiger partial charge in [-0.15, -0.1) is 0 Å². The number of halogens is 2. The molecule has 0 radical (unpaired) electrons. The molecule has 1 N–H and O–H groups in total. The minimum Gasteiger partial charge on any atom is -0.370 e. The van der Waals surface area contributed by atoms with E-state index in [-0.39, 0.29) is 6.03 Å². The molecule has 0 bridgehead atoms. The summed E-state index contributed by atoms with van der Waals surface area (Å²) < 4.78 is 0. The first-order valence-electron chi connectivity index (χ1n) is 11.5. The lowest BCUT2D eigenvalue weighted by molar-refractivity contribution is 0.143. The third-order valence-electron chi connectivity index (χ3n) is 7.22. The van der Waals surface area contributed by atoms with E-state index in [9.17, 15) is 4.79 Å². The van der Waals surface area contributed by atoms with Crippen molar-refractivity contribution in [3.63, 3.8) is 0 Å². The minimum absolute atomic E-state index is 0.147. The second-order valence-corrected chi connectivity index (χ2v) is 10.0. The van der Waals surface area contributed by atoms with Crippen LogP contribution in [0.2, 0.25) is 10.0 Å².